The van der Waals surface area contributed by atoms with E-state index in [9.17, 15) is 4.79 Å². The number of rotatable bonds is 6. The zero-order valence-electron chi connectivity index (χ0n) is 12.1. The molecule has 4 nitrogen and oxygen atoms in total. The molecule has 2 aliphatic heterocycles. The summed E-state index contributed by atoms with van der Waals surface area (Å²) in [7, 11) is 0. The first-order chi connectivity index (χ1) is 9.22. The zero-order chi connectivity index (χ0) is 13.2. The SMILES string of the molecule is CC(CN1CCCC1)CN1CCC(NC2CC2)C1=O. The minimum atomic E-state index is 0.117. The number of hydrogen-bond donors (Lipinski definition) is 1. The second kappa shape index (κ2) is 5.80. The van der Waals surface area contributed by atoms with Crippen molar-refractivity contribution in [2.45, 2.75) is 51.1 Å². The van der Waals surface area contributed by atoms with Crippen molar-refractivity contribution >= 4 is 5.91 Å². The van der Waals surface area contributed by atoms with Crippen LogP contribution in [0.4, 0.5) is 0 Å². The number of hydrogen-bond acceptors (Lipinski definition) is 3. The summed E-state index contributed by atoms with van der Waals surface area (Å²) in [6, 6.07) is 0.752. The summed E-state index contributed by atoms with van der Waals surface area (Å²) in [6.45, 7) is 7.85. The number of carbonyl (C=O) groups is 1. The van der Waals surface area contributed by atoms with Gasteiger partial charge < -0.3 is 15.1 Å². The van der Waals surface area contributed by atoms with Gasteiger partial charge >= 0.3 is 0 Å². The van der Waals surface area contributed by atoms with E-state index in [4.69, 9.17) is 0 Å². The van der Waals surface area contributed by atoms with E-state index in [0.717, 1.165) is 26.1 Å². The molecule has 1 saturated carbocycles. The Morgan fingerprint density at radius 3 is 2.58 bits per heavy atom. The lowest BCUT2D eigenvalue weighted by Crippen LogP contribution is -2.41. The third-order valence-corrected chi connectivity index (χ3v) is 4.61. The van der Waals surface area contributed by atoms with Crippen LogP contribution in [0.15, 0.2) is 0 Å². The monoisotopic (exact) mass is 265 g/mol. The fourth-order valence-corrected chi connectivity index (χ4v) is 3.45. The average Bonchev–Trinajstić information content (AvgIpc) is 2.95. The highest BCUT2D eigenvalue weighted by atomic mass is 16.2. The van der Waals surface area contributed by atoms with Crippen LogP contribution in [0.1, 0.15) is 39.0 Å². The van der Waals surface area contributed by atoms with E-state index in [1.54, 1.807) is 0 Å². The van der Waals surface area contributed by atoms with Gasteiger partial charge in [-0.1, -0.05) is 6.92 Å². The summed E-state index contributed by atoms with van der Waals surface area (Å²) in [5, 5.41) is 3.48. The van der Waals surface area contributed by atoms with Crippen molar-refractivity contribution in [1.29, 1.82) is 0 Å². The number of nitrogens with one attached hydrogen (secondary N) is 1. The molecule has 1 amide bonds. The molecule has 0 aromatic rings. The highest BCUT2D eigenvalue weighted by Gasteiger charge is 2.35. The molecule has 0 aromatic carbocycles. The normalized spacial score (nSPS) is 30.3. The van der Waals surface area contributed by atoms with E-state index in [1.165, 1.54) is 38.8 Å². The number of likely N-dealkylation sites (tertiary alicyclic amines) is 2. The first-order valence-corrected chi connectivity index (χ1v) is 7.99. The van der Waals surface area contributed by atoms with E-state index in [2.05, 4.69) is 22.0 Å². The van der Waals surface area contributed by atoms with Gasteiger partial charge in [-0.25, -0.2) is 0 Å². The molecule has 108 valence electrons. The Labute approximate surface area is 116 Å². The Kier molecular flexibility index (Phi) is 4.08. The van der Waals surface area contributed by atoms with Gasteiger partial charge in [-0.05, 0) is 51.1 Å². The molecular formula is C15H27N3O. The maximum atomic E-state index is 12.3. The first-order valence-electron chi connectivity index (χ1n) is 7.99. The average molecular weight is 265 g/mol. The molecule has 0 aromatic heterocycles. The van der Waals surface area contributed by atoms with Crippen LogP contribution in [0.3, 0.4) is 0 Å². The first kappa shape index (κ1) is 13.4. The van der Waals surface area contributed by atoms with Gasteiger partial charge in [0.2, 0.25) is 5.91 Å². The molecule has 3 aliphatic rings. The lowest BCUT2D eigenvalue weighted by atomic mass is 10.1. The number of carbonyl (C=O) groups excluding carboxylic acids is 1. The molecule has 2 atom stereocenters. The Hall–Kier alpha value is -0.610. The molecule has 2 heterocycles. The number of nitrogens with zero attached hydrogens (tertiary/aromatic N) is 2. The predicted molar refractivity (Wildman–Crippen MR) is 76.0 cm³/mol. The lowest BCUT2D eigenvalue weighted by Gasteiger charge is -2.25. The highest BCUT2D eigenvalue weighted by molar-refractivity contribution is 5.84. The summed E-state index contributed by atoms with van der Waals surface area (Å²) >= 11 is 0. The van der Waals surface area contributed by atoms with Gasteiger partial charge in [0, 0.05) is 25.7 Å². The molecule has 19 heavy (non-hydrogen) atoms. The molecule has 0 bridgehead atoms. The standard InChI is InChI=1S/C15H27N3O/c1-12(10-17-7-2-3-8-17)11-18-9-6-14(15(18)19)16-13-4-5-13/h12-14,16H,2-11H2,1H3. The molecule has 2 unspecified atom stereocenters. The third-order valence-electron chi connectivity index (χ3n) is 4.61. The van der Waals surface area contributed by atoms with Gasteiger partial charge in [-0.2, -0.15) is 0 Å². The van der Waals surface area contributed by atoms with Crippen LogP contribution in [0.2, 0.25) is 0 Å². The Balaban J connectivity index is 1.42. The Morgan fingerprint density at radius 2 is 1.89 bits per heavy atom. The van der Waals surface area contributed by atoms with Gasteiger partial charge in [0.15, 0.2) is 0 Å². The second-order valence-electron chi connectivity index (χ2n) is 6.68. The maximum Gasteiger partial charge on any atom is 0.239 e. The largest absolute Gasteiger partial charge is 0.341 e. The van der Waals surface area contributed by atoms with Crippen molar-refractivity contribution in [3.63, 3.8) is 0 Å². The molecule has 0 radical (unpaired) electrons. The van der Waals surface area contributed by atoms with Crippen LogP contribution in [0, 0.1) is 5.92 Å². The summed E-state index contributed by atoms with van der Waals surface area (Å²) in [5.74, 6) is 0.946. The fourth-order valence-electron chi connectivity index (χ4n) is 3.45. The minimum absolute atomic E-state index is 0.117. The van der Waals surface area contributed by atoms with Gasteiger partial charge in [0.1, 0.15) is 0 Å². The van der Waals surface area contributed by atoms with Crippen LogP contribution in [-0.4, -0.2) is 60.5 Å². The minimum Gasteiger partial charge on any atom is -0.341 e. The van der Waals surface area contributed by atoms with Crippen LogP contribution in [0.25, 0.3) is 0 Å². The van der Waals surface area contributed by atoms with Gasteiger partial charge in [0.25, 0.3) is 0 Å². The summed E-state index contributed by atoms with van der Waals surface area (Å²) in [5.41, 5.74) is 0. The second-order valence-corrected chi connectivity index (χ2v) is 6.68. The quantitative estimate of drug-likeness (QED) is 0.780. The maximum absolute atomic E-state index is 12.3. The van der Waals surface area contributed by atoms with Crippen molar-refractivity contribution < 1.29 is 4.79 Å². The van der Waals surface area contributed by atoms with E-state index in [0.29, 0.717) is 17.9 Å². The van der Waals surface area contributed by atoms with E-state index < -0.39 is 0 Å². The highest BCUT2D eigenvalue weighted by Crippen LogP contribution is 2.23. The molecule has 2 saturated heterocycles. The molecule has 1 N–H and O–H groups in total. The van der Waals surface area contributed by atoms with Crippen LogP contribution >= 0.6 is 0 Å². The molecule has 3 fully saturated rings. The van der Waals surface area contributed by atoms with Gasteiger partial charge in [-0.15, -0.1) is 0 Å². The molecule has 3 rings (SSSR count). The Bertz CT molecular complexity index is 323. The zero-order valence-corrected chi connectivity index (χ0v) is 12.1. The lowest BCUT2D eigenvalue weighted by molar-refractivity contribution is -0.130. The van der Waals surface area contributed by atoms with Crippen molar-refractivity contribution in [1.82, 2.24) is 15.1 Å². The Morgan fingerprint density at radius 1 is 1.16 bits per heavy atom. The van der Waals surface area contributed by atoms with Crippen LogP contribution < -0.4 is 5.32 Å². The van der Waals surface area contributed by atoms with E-state index in [-0.39, 0.29) is 6.04 Å². The molecule has 0 spiro atoms. The topological polar surface area (TPSA) is 35.6 Å². The van der Waals surface area contributed by atoms with E-state index in [1.807, 2.05) is 0 Å². The van der Waals surface area contributed by atoms with Crippen molar-refractivity contribution in [3.05, 3.63) is 0 Å². The third kappa shape index (κ3) is 3.48. The van der Waals surface area contributed by atoms with Crippen molar-refractivity contribution in [3.8, 4) is 0 Å². The summed E-state index contributed by atoms with van der Waals surface area (Å²) in [6.07, 6.45) is 6.22. The number of amides is 1. The van der Waals surface area contributed by atoms with E-state index >= 15 is 0 Å². The van der Waals surface area contributed by atoms with Crippen LogP contribution in [-0.2, 0) is 4.79 Å². The van der Waals surface area contributed by atoms with Gasteiger partial charge in [0.05, 0.1) is 6.04 Å². The fraction of sp³-hybridized carbons (Fsp3) is 0.933. The van der Waals surface area contributed by atoms with Gasteiger partial charge in [-0.3, -0.25) is 4.79 Å². The molecular weight excluding hydrogens is 238 g/mol. The van der Waals surface area contributed by atoms with Crippen molar-refractivity contribution in [2.75, 3.05) is 32.7 Å². The van der Waals surface area contributed by atoms with Crippen molar-refractivity contribution in [2.24, 2.45) is 5.92 Å². The summed E-state index contributed by atoms with van der Waals surface area (Å²) < 4.78 is 0. The molecule has 4 heteroatoms. The molecule has 1 aliphatic carbocycles. The summed E-state index contributed by atoms with van der Waals surface area (Å²) in [4.78, 5) is 16.9. The smallest absolute Gasteiger partial charge is 0.239 e. The predicted octanol–water partition coefficient (Wildman–Crippen LogP) is 1.07. The van der Waals surface area contributed by atoms with Crippen LogP contribution in [0.5, 0.6) is 0 Å².